The summed E-state index contributed by atoms with van der Waals surface area (Å²) in [5.41, 5.74) is 6.45. The summed E-state index contributed by atoms with van der Waals surface area (Å²) in [6, 6.07) is 4.79. The van der Waals surface area contributed by atoms with Crippen molar-refractivity contribution in [1.82, 2.24) is 0 Å². The van der Waals surface area contributed by atoms with E-state index in [1.807, 2.05) is 0 Å². The van der Waals surface area contributed by atoms with Crippen LogP contribution in [-0.2, 0) is 0 Å². The highest BCUT2D eigenvalue weighted by Gasteiger charge is 2.22. The van der Waals surface area contributed by atoms with Crippen molar-refractivity contribution < 1.29 is 4.39 Å². The van der Waals surface area contributed by atoms with Crippen molar-refractivity contribution in [3.8, 4) is 0 Å². The van der Waals surface area contributed by atoms with E-state index in [9.17, 15) is 4.39 Å². The zero-order valence-corrected chi connectivity index (χ0v) is 9.80. The molecule has 0 aromatic heterocycles. The monoisotopic (exact) mass is 242 g/mol. The van der Waals surface area contributed by atoms with Gasteiger partial charge in [0.25, 0.3) is 0 Å². The Morgan fingerprint density at radius 1 is 1.31 bits per heavy atom. The molecule has 2 rings (SSSR count). The van der Waals surface area contributed by atoms with Gasteiger partial charge in [0.05, 0.1) is 5.69 Å². The van der Waals surface area contributed by atoms with Gasteiger partial charge in [0.2, 0.25) is 0 Å². The van der Waals surface area contributed by atoms with Crippen LogP contribution in [-0.4, -0.2) is 12.1 Å². The van der Waals surface area contributed by atoms with Crippen molar-refractivity contribution in [3.05, 3.63) is 29.0 Å². The first-order chi connectivity index (χ1) is 7.66. The molecular formula is C12H16ClFN2. The molecule has 1 saturated carbocycles. The van der Waals surface area contributed by atoms with E-state index >= 15 is 0 Å². The molecule has 2 atom stereocenters. The van der Waals surface area contributed by atoms with E-state index in [0.29, 0.717) is 10.7 Å². The number of nitrogens with two attached hydrogens (primary N) is 1. The second-order valence-corrected chi connectivity index (χ2v) is 4.76. The number of anilines is 1. The zero-order valence-electron chi connectivity index (χ0n) is 9.05. The van der Waals surface area contributed by atoms with Crippen LogP contribution in [0.4, 0.5) is 10.1 Å². The van der Waals surface area contributed by atoms with E-state index in [2.05, 4.69) is 5.32 Å². The Morgan fingerprint density at radius 3 is 2.81 bits per heavy atom. The Balaban J connectivity index is 2.10. The average molecular weight is 243 g/mol. The topological polar surface area (TPSA) is 38.0 Å². The lowest BCUT2D eigenvalue weighted by atomic mass is 9.91. The first kappa shape index (κ1) is 11.7. The lowest BCUT2D eigenvalue weighted by molar-refractivity contribution is 0.403. The largest absolute Gasteiger partial charge is 0.378 e. The second-order valence-electron chi connectivity index (χ2n) is 4.32. The predicted molar refractivity (Wildman–Crippen MR) is 65.3 cm³/mol. The molecular weight excluding hydrogens is 227 g/mol. The van der Waals surface area contributed by atoms with Gasteiger partial charge < -0.3 is 11.1 Å². The summed E-state index contributed by atoms with van der Waals surface area (Å²) in [6.45, 7) is 0. The molecule has 0 heterocycles. The predicted octanol–water partition coefficient (Wildman–Crippen LogP) is 3.16. The highest BCUT2D eigenvalue weighted by Crippen LogP contribution is 2.24. The number of hydrogen-bond donors (Lipinski definition) is 2. The van der Waals surface area contributed by atoms with Crippen LogP contribution >= 0.6 is 11.6 Å². The van der Waals surface area contributed by atoms with Gasteiger partial charge in [-0.05, 0) is 31.0 Å². The van der Waals surface area contributed by atoms with Crippen molar-refractivity contribution in [2.45, 2.75) is 37.8 Å². The molecule has 0 radical (unpaired) electrons. The summed E-state index contributed by atoms with van der Waals surface area (Å²) >= 11 is 5.83. The van der Waals surface area contributed by atoms with E-state index in [0.717, 1.165) is 25.7 Å². The molecule has 3 N–H and O–H groups in total. The van der Waals surface area contributed by atoms with Crippen LogP contribution in [0.15, 0.2) is 18.2 Å². The number of halogens is 2. The first-order valence-electron chi connectivity index (χ1n) is 5.64. The molecule has 1 fully saturated rings. The quantitative estimate of drug-likeness (QED) is 0.836. The van der Waals surface area contributed by atoms with Gasteiger partial charge in [0.15, 0.2) is 0 Å². The third kappa shape index (κ3) is 2.66. The number of nitrogens with one attached hydrogen (secondary N) is 1. The van der Waals surface area contributed by atoms with Gasteiger partial charge in [0, 0.05) is 17.1 Å². The van der Waals surface area contributed by atoms with Crippen molar-refractivity contribution in [2.75, 3.05) is 5.32 Å². The highest BCUT2D eigenvalue weighted by atomic mass is 35.5. The summed E-state index contributed by atoms with van der Waals surface area (Å²) in [5, 5.41) is 3.69. The van der Waals surface area contributed by atoms with Crippen molar-refractivity contribution in [3.63, 3.8) is 0 Å². The molecule has 0 saturated heterocycles. The van der Waals surface area contributed by atoms with Gasteiger partial charge in [-0.15, -0.1) is 0 Å². The number of hydrogen-bond acceptors (Lipinski definition) is 2. The Hall–Kier alpha value is -0.800. The van der Waals surface area contributed by atoms with Crippen LogP contribution in [0.25, 0.3) is 0 Å². The summed E-state index contributed by atoms with van der Waals surface area (Å²) < 4.78 is 13.5. The molecule has 1 aliphatic carbocycles. The molecule has 0 spiro atoms. The summed E-state index contributed by atoms with van der Waals surface area (Å²) in [4.78, 5) is 0. The molecule has 88 valence electrons. The summed E-state index contributed by atoms with van der Waals surface area (Å²) in [5.74, 6) is -0.276. The van der Waals surface area contributed by atoms with Gasteiger partial charge >= 0.3 is 0 Å². The fraction of sp³-hybridized carbons (Fsp3) is 0.500. The summed E-state index contributed by atoms with van der Waals surface area (Å²) in [7, 11) is 0. The van der Waals surface area contributed by atoms with E-state index in [-0.39, 0.29) is 17.9 Å². The molecule has 1 aromatic rings. The number of benzene rings is 1. The molecule has 2 nitrogen and oxygen atoms in total. The van der Waals surface area contributed by atoms with E-state index in [4.69, 9.17) is 17.3 Å². The minimum atomic E-state index is -0.276. The molecule has 0 bridgehead atoms. The van der Waals surface area contributed by atoms with Gasteiger partial charge in [0.1, 0.15) is 5.82 Å². The maximum atomic E-state index is 13.5. The van der Waals surface area contributed by atoms with Crippen LogP contribution in [0.1, 0.15) is 25.7 Å². The van der Waals surface area contributed by atoms with Crippen LogP contribution < -0.4 is 11.1 Å². The van der Waals surface area contributed by atoms with Crippen molar-refractivity contribution in [2.24, 2.45) is 5.73 Å². The van der Waals surface area contributed by atoms with E-state index in [1.54, 1.807) is 12.1 Å². The highest BCUT2D eigenvalue weighted by molar-refractivity contribution is 6.30. The Morgan fingerprint density at radius 2 is 2.06 bits per heavy atom. The molecule has 0 aliphatic heterocycles. The van der Waals surface area contributed by atoms with Gasteiger partial charge in [-0.1, -0.05) is 24.4 Å². The van der Waals surface area contributed by atoms with Crippen LogP contribution in [0.5, 0.6) is 0 Å². The third-order valence-corrected chi connectivity index (χ3v) is 3.32. The maximum Gasteiger partial charge on any atom is 0.146 e. The first-order valence-corrected chi connectivity index (χ1v) is 6.02. The van der Waals surface area contributed by atoms with Gasteiger partial charge in [-0.2, -0.15) is 0 Å². The minimum absolute atomic E-state index is 0.104. The normalized spacial score (nSPS) is 25.4. The van der Waals surface area contributed by atoms with Gasteiger partial charge in [-0.3, -0.25) is 0 Å². The molecule has 1 aromatic carbocycles. The fourth-order valence-corrected chi connectivity index (χ4v) is 2.32. The van der Waals surface area contributed by atoms with E-state index < -0.39 is 0 Å². The molecule has 4 heteroatoms. The SMILES string of the molecule is N[C@@H]1CCCC[C@@H]1Nc1cc(Cl)ccc1F. The second kappa shape index (κ2) is 5.02. The van der Waals surface area contributed by atoms with E-state index in [1.165, 1.54) is 6.07 Å². The Kier molecular flexibility index (Phi) is 3.66. The van der Waals surface area contributed by atoms with Crippen LogP contribution in [0.3, 0.4) is 0 Å². The van der Waals surface area contributed by atoms with Crippen molar-refractivity contribution >= 4 is 17.3 Å². The Bertz CT molecular complexity index is 370. The van der Waals surface area contributed by atoms with Gasteiger partial charge in [-0.25, -0.2) is 4.39 Å². The molecule has 0 unspecified atom stereocenters. The standard InChI is InChI=1S/C12H16ClFN2/c13-8-5-6-9(14)12(7-8)16-11-4-2-1-3-10(11)15/h5-7,10-11,16H,1-4,15H2/t10-,11+/m1/s1. The zero-order chi connectivity index (χ0) is 11.5. The minimum Gasteiger partial charge on any atom is -0.378 e. The van der Waals surface area contributed by atoms with Crippen LogP contribution in [0, 0.1) is 5.82 Å². The molecule has 0 amide bonds. The molecule has 1 aliphatic rings. The van der Waals surface area contributed by atoms with Crippen molar-refractivity contribution in [1.29, 1.82) is 0 Å². The maximum absolute atomic E-state index is 13.5. The fourth-order valence-electron chi connectivity index (χ4n) is 2.15. The summed E-state index contributed by atoms with van der Waals surface area (Å²) in [6.07, 6.45) is 4.30. The number of rotatable bonds is 2. The smallest absolute Gasteiger partial charge is 0.146 e. The lowest BCUT2D eigenvalue weighted by Gasteiger charge is -2.30. The molecule has 16 heavy (non-hydrogen) atoms. The van der Waals surface area contributed by atoms with Crippen LogP contribution in [0.2, 0.25) is 5.02 Å². The Labute approximate surface area is 100.0 Å². The third-order valence-electron chi connectivity index (χ3n) is 3.09. The average Bonchev–Trinajstić information content (AvgIpc) is 2.27. The lowest BCUT2D eigenvalue weighted by Crippen LogP contribution is -2.42.